The highest BCUT2D eigenvalue weighted by Gasteiger charge is 2.65. The van der Waals surface area contributed by atoms with Gasteiger partial charge in [0.15, 0.2) is 0 Å². The smallest absolute Gasteiger partial charge is 0.216 e. The van der Waals surface area contributed by atoms with Crippen molar-refractivity contribution in [1.29, 1.82) is 0 Å². The second kappa shape index (κ2) is 8.39. The minimum absolute atomic E-state index is 0.164. The summed E-state index contributed by atoms with van der Waals surface area (Å²) in [5, 5.41) is 12.3. The van der Waals surface area contributed by atoms with Gasteiger partial charge in [0.1, 0.15) is 0 Å². The van der Waals surface area contributed by atoms with Crippen molar-refractivity contribution in [1.82, 2.24) is 0 Å². The van der Waals surface area contributed by atoms with E-state index in [0.717, 1.165) is 24.2 Å². The summed E-state index contributed by atoms with van der Waals surface area (Å²) in [6, 6.07) is -0.272. The summed E-state index contributed by atoms with van der Waals surface area (Å²) < 4.78 is 0. The molecule has 0 N–H and O–H groups in total. The van der Waals surface area contributed by atoms with Gasteiger partial charge in [0, 0.05) is 17.3 Å². The predicted molar refractivity (Wildman–Crippen MR) is 124 cm³/mol. The molecule has 0 aromatic heterocycles. The Labute approximate surface area is 185 Å². The van der Waals surface area contributed by atoms with Crippen molar-refractivity contribution in [2.45, 2.75) is 118 Å². The molecule has 0 aliphatic heterocycles. The van der Waals surface area contributed by atoms with E-state index < -0.39 is 0 Å². The van der Waals surface area contributed by atoms with Gasteiger partial charge in [-0.25, -0.2) is 0 Å². The first-order valence-corrected chi connectivity index (χ1v) is 13.3. The lowest BCUT2D eigenvalue weighted by Crippen LogP contribution is -2.59. The average molecular weight is 418 g/mol. The molecule has 4 aliphatic rings. The largest absolute Gasteiger partial charge is 0.264 e. The maximum atomic E-state index is 12.3. The maximum absolute atomic E-state index is 12.3. The summed E-state index contributed by atoms with van der Waals surface area (Å²) in [6.07, 6.45) is 15.2. The highest BCUT2D eigenvalue weighted by atomic mass is 16.6. The lowest BCUT2D eigenvalue weighted by molar-refractivity contribution is -0.548. The van der Waals surface area contributed by atoms with E-state index in [-0.39, 0.29) is 11.0 Å². The van der Waals surface area contributed by atoms with Gasteiger partial charge in [0.25, 0.3) is 0 Å². The minimum Gasteiger partial charge on any atom is -0.264 e. The molecule has 0 aromatic carbocycles. The number of rotatable bonds is 6. The molecule has 4 fully saturated rings. The van der Waals surface area contributed by atoms with E-state index in [1.165, 1.54) is 70.6 Å². The third-order valence-electron chi connectivity index (χ3n) is 11.1. The van der Waals surface area contributed by atoms with Crippen LogP contribution < -0.4 is 0 Å². The van der Waals surface area contributed by atoms with Gasteiger partial charge in [-0.1, -0.05) is 66.7 Å². The zero-order chi connectivity index (χ0) is 21.7. The van der Waals surface area contributed by atoms with E-state index in [2.05, 4.69) is 34.6 Å². The molecular formula is C27H47NO2. The van der Waals surface area contributed by atoms with Gasteiger partial charge in [-0.3, -0.25) is 10.1 Å². The monoisotopic (exact) mass is 417 g/mol. The predicted octanol–water partition coefficient (Wildman–Crippen LogP) is 7.75. The Bertz CT molecular complexity index is 632. The van der Waals surface area contributed by atoms with Crippen LogP contribution in [-0.2, 0) is 0 Å². The van der Waals surface area contributed by atoms with Crippen LogP contribution in [-0.4, -0.2) is 11.0 Å². The number of nitrogens with zero attached hydrogens (tertiary/aromatic N) is 1. The van der Waals surface area contributed by atoms with Gasteiger partial charge in [-0.15, -0.1) is 0 Å². The summed E-state index contributed by atoms with van der Waals surface area (Å²) in [4.78, 5) is 12.5. The van der Waals surface area contributed by atoms with E-state index in [9.17, 15) is 10.1 Å². The van der Waals surface area contributed by atoms with Crippen LogP contribution in [0.15, 0.2) is 0 Å². The van der Waals surface area contributed by atoms with Crippen molar-refractivity contribution in [2.24, 2.45) is 52.3 Å². The van der Waals surface area contributed by atoms with Crippen LogP contribution in [0, 0.1) is 62.4 Å². The van der Waals surface area contributed by atoms with Crippen LogP contribution in [0.4, 0.5) is 0 Å². The molecule has 9 atom stereocenters. The van der Waals surface area contributed by atoms with E-state index in [1.807, 2.05) is 0 Å². The fourth-order valence-electron chi connectivity index (χ4n) is 9.51. The van der Waals surface area contributed by atoms with Crippen LogP contribution in [0.1, 0.15) is 112 Å². The summed E-state index contributed by atoms with van der Waals surface area (Å²) >= 11 is 0. The lowest BCUT2D eigenvalue weighted by atomic mass is 9.43. The number of nitro groups is 1. The fourth-order valence-corrected chi connectivity index (χ4v) is 9.51. The number of hydrogen-bond donors (Lipinski definition) is 0. The molecule has 0 aromatic rings. The van der Waals surface area contributed by atoms with Crippen molar-refractivity contribution < 1.29 is 4.92 Å². The van der Waals surface area contributed by atoms with Gasteiger partial charge in [-0.05, 0) is 84.9 Å². The summed E-state index contributed by atoms with van der Waals surface area (Å²) in [6.45, 7) is 12.2. The molecule has 30 heavy (non-hydrogen) atoms. The molecule has 4 rings (SSSR count). The second-order valence-electron chi connectivity index (χ2n) is 12.9. The van der Waals surface area contributed by atoms with Gasteiger partial charge in [0.05, 0.1) is 0 Å². The first kappa shape index (κ1) is 22.6. The standard InChI is InChI=1S/C27H47NO2/c1-18(2)9-8-10-19(3)21-12-13-22-25-23(14-16-27(21,22)5)26(4)15-7-6-11-20(26)17-24(25)28(29)30/h18-25H,6-17H2,1-5H3/t19-,20-,21+,22-,23+,24-,25+,26+,27+/m1/s1. The molecule has 4 aliphatic carbocycles. The highest BCUT2D eigenvalue weighted by Crippen LogP contribution is 2.68. The SMILES string of the molecule is CC(C)CCC[C@@H](C)[C@@H]1CC[C@@H]2[C@@H]3[C@H]([N+](=O)[O-])C[C@H]4CCCC[C@]4(C)[C@H]3CC[C@]21C. The Morgan fingerprint density at radius 2 is 1.67 bits per heavy atom. The van der Waals surface area contributed by atoms with Crippen LogP contribution in [0.2, 0.25) is 0 Å². The average Bonchev–Trinajstić information content (AvgIpc) is 3.03. The number of hydrogen-bond acceptors (Lipinski definition) is 2. The molecule has 0 saturated heterocycles. The molecule has 0 radical (unpaired) electrons. The summed E-state index contributed by atoms with van der Waals surface area (Å²) in [5.41, 5.74) is 0.711. The summed E-state index contributed by atoms with van der Waals surface area (Å²) in [7, 11) is 0. The molecular weight excluding hydrogens is 370 g/mol. The van der Waals surface area contributed by atoms with Gasteiger partial charge >= 0.3 is 0 Å². The second-order valence-corrected chi connectivity index (χ2v) is 12.9. The van der Waals surface area contributed by atoms with Crippen LogP contribution >= 0.6 is 0 Å². The molecule has 0 amide bonds. The van der Waals surface area contributed by atoms with Gasteiger partial charge in [-0.2, -0.15) is 0 Å². The van der Waals surface area contributed by atoms with E-state index in [0.29, 0.717) is 34.5 Å². The van der Waals surface area contributed by atoms with E-state index in [4.69, 9.17) is 0 Å². The van der Waals surface area contributed by atoms with Crippen molar-refractivity contribution in [3.63, 3.8) is 0 Å². The molecule has 0 spiro atoms. The minimum atomic E-state index is -0.272. The Morgan fingerprint density at radius 3 is 2.37 bits per heavy atom. The maximum Gasteiger partial charge on any atom is 0.216 e. The first-order valence-electron chi connectivity index (χ1n) is 13.3. The van der Waals surface area contributed by atoms with Crippen molar-refractivity contribution in [3.05, 3.63) is 10.1 Å². The van der Waals surface area contributed by atoms with Crippen molar-refractivity contribution in [2.75, 3.05) is 0 Å². The Hall–Kier alpha value is -0.600. The lowest BCUT2D eigenvalue weighted by Gasteiger charge is -2.60. The van der Waals surface area contributed by atoms with Crippen molar-refractivity contribution >= 4 is 0 Å². The first-order chi connectivity index (χ1) is 14.2. The molecule has 4 saturated carbocycles. The third kappa shape index (κ3) is 3.64. The summed E-state index contributed by atoms with van der Waals surface area (Å²) in [5.74, 6) is 4.46. The van der Waals surface area contributed by atoms with Crippen LogP contribution in [0.3, 0.4) is 0 Å². The number of fused-ring (bicyclic) bond motifs is 5. The zero-order valence-electron chi connectivity index (χ0n) is 20.4. The highest BCUT2D eigenvalue weighted by molar-refractivity contribution is 5.11. The van der Waals surface area contributed by atoms with Crippen LogP contribution in [0.5, 0.6) is 0 Å². The third-order valence-corrected chi connectivity index (χ3v) is 11.1. The fraction of sp³-hybridized carbons (Fsp3) is 1.00. The molecule has 0 unspecified atom stereocenters. The Kier molecular flexibility index (Phi) is 6.32. The van der Waals surface area contributed by atoms with Gasteiger partial charge in [0.2, 0.25) is 6.04 Å². The van der Waals surface area contributed by atoms with Crippen molar-refractivity contribution in [3.8, 4) is 0 Å². The molecule has 3 nitrogen and oxygen atoms in total. The molecule has 0 heterocycles. The molecule has 3 heteroatoms. The Morgan fingerprint density at radius 1 is 0.933 bits per heavy atom. The topological polar surface area (TPSA) is 43.1 Å². The van der Waals surface area contributed by atoms with Gasteiger partial charge < -0.3 is 0 Å². The normalized spacial score (nSPS) is 46.7. The van der Waals surface area contributed by atoms with Crippen LogP contribution in [0.25, 0.3) is 0 Å². The molecule has 0 bridgehead atoms. The molecule has 172 valence electrons. The Balaban J connectivity index is 1.57. The quantitative estimate of drug-likeness (QED) is 0.327. The van der Waals surface area contributed by atoms with E-state index >= 15 is 0 Å². The van der Waals surface area contributed by atoms with E-state index in [1.54, 1.807) is 0 Å². The zero-order valence-corrected chi connectivity index (χ0v) is 20.4.